The van der Waals surface area contributed by atoms with Crippen molar-refractivity contribution in [2.45, 2.75) is 44.9 Å². The molecule has 2 aliphatic rings. The number of alkyl halides is 3. The Labute approximate surface area is 227 Å². The molecule has 3 aromatic rings. The number of hydrogen-bond acceptors (Lipinski definition) is 6. The smallest absolute Gasteiger partial charge is 0.364 e. The van der Waals surface area contributed by atoms with Crippen molar-refractivity contribution in [3.8, 4) is 0 Å². The number of halogens is 3. The maximum atomic E-state index is 13.8. The van der Waals surface area contributed by atoms with Crippen LogP contribution in [-0.4, -0.2) is 65.3 Å². The lowest BCUT2D eigenvalue weighted by molar-refractivity contribution is -0.137. The first-order chi connectivity index (χ1) is 18.5. The zero-order valence-corrected chi connectivity index (χ0v) is 22.6. The van der Waals surface area contributed by atoms with Crippen LogP contribution in [0.25, 0.3) is 0 Å². The normalized spacial score (nSPS) is 18.2. The first-order valence-electron chi connectivity index (χ1n) is 13.3. The van der Waals surface area contributed by atoms with E-state index in [0.29, 0.717) is 29.8 Å². The minimum absolute atomic E-state index is 0.0852. The maximum absolute atomic E-state index is 13.8. The van der Waals surface area contributed by atoms with Crippen LogP contribution in [0.1, 0.15) is 52.0 Å². The first-order valence-corrected chi connectivity index (χ1v) is 13.3. The summed E-state index contributed by atoms with van der Waals surface area (Å²) in [6.45, 7) is 9.51. The zero-order valence-electron chi connectivity index (χ0n) is 22.6. The lowest BCUT2D eigenvalue weighted by Gasteiger charge is -2.41. The SMILES string of the molecule is CN1CCN(Cc2cc(CC(=O)c3ccc4c(c3)CN(c3cncnc3)CC4(C)C)cc(C(F)(F)F)c2)CC1. The van der Waals surface area contributed by atoms with Crippen molar-refractivity contribution in [3.63, 3.8) is 0 Å². The third-order valence-electron chi connectivity index (χ3n) is 7.76. The molecule has 0 spiro atoms. The molecule has 0 N–H and O–H groups in total. The molecule has 6 nitrogen and oxygen atoms in total. The molecular weight excluding hydrogens is 503 g/mol. The van der Waals surface area contributed by atoms with Crippen molar-refractivity contribution in [1.29, 1.82) is 0 Å². The Kier molecular flexibility index (Phi) is 7.48. The molecule has 0 unspecified atom stereocenters. The van der Waals surface area contributed by atoms with E-state index in [2.05, 4.69) is 38.5 Å². The summed E-state index contributed by atoms with van der Waals surface area (Å²) < 4.78 is 41.3. The highest BCUT2D eigenvalue weighted by Gasteiger charge is 2.33. The molecule has 2 aromatic carbocycles. The second-order valence-corrected chi connectivity index (χ2v) is 11.4. The lowest BCUT2D eigenvalue weighted by Crippen LogP contribution is -2.43. The van der Waals surface area contributed by atoms with E-state index in [1.54, 1.807) is 18.5 Å². The van der Waals surface area contributed by atoms with Crippen molar-refractivity contribution < 1.29 is 18.0 Å². The summed E-state index contributed by atoms with van der Waals surface area (Å²) in [5, 5.41) is 0. The standard InChI is InChI=1S/C30H34F3N5O/c1-29(2)19-38(26-15-34-20-35-16-26)18-24-14-23(4-5-27(24)29)28(39)13-21-10-22(12-25(11-21)30(31,32)33)17-37-8-6-36(3)7-9-37/h4-5,10-12,14-16,20H,6-9,13,17-19H2,1-3H3. The van der Waals surface area contributed by atoms with Gasteiger partial charge in [0.2, 0.25) is 0 Å². The summed E-state index contributed by atoms with van der Waals surface area (Å²) >= 11 is 0. The number of piperazine rings is 1. The highest BCUT2D eigenvalue weighted by Crippen LogP contribution is 2.36. The third kappa shape index (κ3) is 6.31. The molecular formula is C30H34F3N5O. The summed E-state index contributed by atoms with van der Waals surface area (Å²) in [5.74, 6) is -0.194. The van der Waals surface area contributed by atoms with Crippen LogP contribution < -0.4 is 4.90 Å². The van der Waals surface area contributed by atoms with Gasteiger partial charge in [-0.1, -0.05) is 32.0 Å². The van der Waals surface area contributed by atoms with Gasteiger partial charge in [0, 0.05) is 63.2 Å². The molecule has 3 heterocycles. The van der Waals surface area contributed by atoms with Gasteiger partial charge in [0.15, 0.2) is 5.78 Å². The van der Waals surface area contributed by atoms with E-state index in [4.69, 9.17) is 0 Å². The number of Topliss-reactive ketones (excluding diaryl/α,β-unsaturated/α-hetero) is 1. The number of carbonyl (C=O) groups excluding carboxylic acids is 1. The van der Waals surface area contributed by atoms with Gasteiger partial charge < -0.3 is 9.80 Å². The summed E-state index contributed by atoms with van der Waals surface area (Å²) in [6.07, 6.45) is 0.483. The summed E-state index contributed by atoms with van der Waals surface area (Å²) in [6, 6.07) is 9.78. The second-order valence-electron chi connectivity index (χ2n) is 11.4. The van der Waals surface area contributed by atoms with E-state index < -0.39 is 11.7 Å². The molecule has 1 saturated heterocycles. The Morgan fingerprint density at radius 2 is 1.67 bits per heavy atom. The van der Waals surface area contributed by atoms with Crippen LogP contribution in [0.15, 0.2) is 55.1 Å². The topological polar surface area (TPSA) is 52.6 Å². The van der Waals surface area contributed by atoms with Gasteiger partial charge >= 0.3 is 6.18 Å². The van der Waals surface area contributed by atoms with E-state index in [9.17, 15) is 18.0 Å². The Hall–Kier alpha value is -3.30. The quantitative estimate of drug-likeness (QED) is 0.414. The summed E-state index contributed by atoms with van der Waals surface area (Å²) in [5.41, 5.74) is 3.72. The van der Waals surface area contributed by atoms with Crippen molar-refractivity contribution in [2.24, 2.45) is 0 Å². The number of rotatable bonds is 6. The van der Waals surface area contributed by atoms with Crippen LogP contribution in [0.2, 0.25) is 0 Å². The molecule has 0 aliphatic carbocycles. The highest BCUT2D eigenvalue weighted by atomic mass is 19.4. The van der Waals surface area contributed by atoms with E-state index in [0.717, 1.165) is 50.0 Å². The Bertz CT molecular complexity index is 1330. The van der Waals surface area contributed by atoms with Crippen molar-refractivity contribution in [3.05, 3.63) is 88.5 Å². The number of nitrogens with zero attached hydrogens (tertiary/aromatic N) is 5. The minimum atomic E-state index is -4.47. The van der Waals surface area contributed by atoms with Gasteiger partial charge in [-0.05, 0) is 47.5 Å². The average molecular weight is 538 g/mol. The number of ketones is 1. The number of hydrogen-bond donors (Lipinski definition) is 0. The van der Waals surface area contributed by atoms with Gasteiger partial charge in [0.25, 0.3) is 0 Å². The van der Waals surface area contributed by atoms with Gasteiger partial charge in [0.1, 0.15) is 6.33 Å². The van der Waals surface area contributed by atoms with Gasteiger partial charge in [-0.15, -0.1) is 0 Å². The fraction of sp³-hybridized carbons (Fsp3) is 0.433. The van der Waals surface area contributed by atoms with Crippen LogP contribution in [0, 0.1) is 0 Å². The number of aromatic nitrogens is 2. The first kappa shape index (κ1) is 27.3. The van der Waals surface area contributed by atoms with E-state index in [1.165, 1.54) is 18.0 Å². The molecule has 5 rings (SSSR count). The second kappa shape index (κ2) is 10.7. The number of anilines is 1. The van der Waals surface area contributed by atoms with Gasteiger partial charge in [-0.25, -0.2) is 9.97 Å². The number of fused-ring (bicyclic) bond motifs is 1. The van der Waals surface area contributed by atoms with E-state index in [1.807, 2.05) is 25.2 Å². The van der Waals surface area contributed by atoms with Crippen LogP contribution in [-0.2, 0) is 31.1 Å². The predicted octanol–water partition coefficient (Wildman–Crippen LogP) is 4.97. The fourth-order valence-corrected chi connectivity index (χ4v) is 5.69. The molecule has 2 aliphatic heterocycles. The van der Waals surface area contributed by atoms with Gasteiger partial charge in [0.05, 0.1) is 23.6 Å². The van der Waals surface area contributed by atoms with E-state index in [-0.39, 0.29) is 17.6 Å². The molecule has 1 aromatic heterocycles. The van der Waals surface area contributed by atoms with Crippen molar-refractivity contribution in [2.75, 3.05) is 44.7 Å². The minimum Gasteiger partial charge on any atom is -0.364 e. The fourth-order valence-electron chi connectivity index (χ4n) is 5.69. The zero-order chi connectivity index (χ0) is 27.8. The summed E-state index contributed by atoms with van der Waals surface area (Å²) in [7, 11) is 2.04. The Morgan fingerprint density at radius 3 is 2.36 bits per heavy atom. The summed E-state index contributed by atoms with van der Waals surface area (Å²) in [4.78, 5) is 28.2. The maximum Gasteiger partial charge on any atom is 0.416 e. The molecule has 0 bridgehead atoms. The Balaban J connectivity index is 1.38. The third-order valence-corrected chi connectivity index (χ3v) is 7.76. The molecule has 0 radical (unpaired) electrons. The van der Waals surface area contributed by atoms with E-state index >= 15 is 0 Å². The Morgan fingerprint density at radius 1 is 0.974 bits per heavy atom. The molecule has 39 heavy (non-hydrogen) atoms. The average Bonchev–Trinajstić information content (AvgIpc) is 2.89. The van der Waals surface area contributed by atoms with Crippen LogP contribution >= 0.6 is 0 Å². The number of likely N-dealkylation sites (N-methyl/N-ethyl adjacent to an activating group) is 1. The molecule has 0 atom stereocenters. The largest absolute Gasteiger partial charge is 0.416 e. The molecule has 0 amide bonds. The van der Waals surface area contributed by atoms with Crippen LogP contribution in [0.3, 0.4) is 0 Å². The lowest BCUT2D eigenvalue weighted by atomic mass is 9.77. The molecule has 206 valence electrons. The molecule has 0 saturated carbocycles. The monoisotopic (exact) mass is 537 g/mol. The molecule has 1 fully saturated rings. The van der Waals surface area contributed by atoms with Gasteiger partial charge in [-0.3, -0.25) is 9.69 Å². The molecule has 9 heteroatoms. The van der Waals surface area contributed by atoms with Crippen LogP contribution in [0.5, 0.6) is 0 Å². The highest BCUT2D eigenvalue weighted by molar-refractivity contribution is 5.97. The van der Waals surface area contributed by atoms with Crippen molar-refractivity contribution >= 4 is 11.5 Å². The van der Waals surface area contributed by atoms with Gasteiger partial charge in [-0.2, -0.15) is 13.2 Å². The van der Waals surface area contributed by atoms with Crippen LogP contribution in [0.4, 0.5) is 18.9 Å². The number of benzene rings is 2. The van der Waals surface area contributed by atoms with Crippen molar-refractivity contribution in [1.82, 2.24) is 19.8 Å². The number of carbonyl (C=O) groups is 1. The predicted molar refractivity (Wildman–Crippen MR) is 145 cm³/mol.